The van der Waals surface area contributed by atoms with Crippen molar-refractivity contribution in [2.75, 3.05) is 26.7 Å². The molecule has 0 amide bonds. The molecule has 0 N–H and O–H groups in total. The minimum atomic E-state index is 0.194. The van der Waals surface area contributed by atoms with Crippen molar-refractivity contribution in [3.05, 3.63) is 29.8 Å². The summed E-state index contributed by atoms with van der Waals surface area (Å²) >= 11 is 0. The van der Waals surface area contributed by atoms with Gasteiger partial charge < -0.3 is 4.74 Å². The first-order valence-electron chi connectivity index (χ1n) is 7.60. The van der Waals surface area contributed by atoms with Crippen LogP contribution in [-0.4, -0.2) is 37.4 Å². The van der Waals surface area contributed by atoms with Crippen LogP contribution in [0.25, 0.3) is 0 Å². The van der Waals surface area contributed by atoms with E-state index in [-0.39, 0.29) is 5.78 Å². The quantitative estimate of drug-likeness (QED) is 0.610. The first-order chi connectivity index (χ1) is 9.71. The Morgan fingerprint density at radius 1 is 1.05 bits per heavy atom. The largest absolute Gasteiger partial charge is 0.497 e. The van der Waals surface area contributed by atoms with Gasteiger partial charge in [0.05, 0.1) is 13.7 Å². The van der Waals surface area contributed by atoms with E-state index in [0.29, 0.717) is 6.54 Å². The lowest BCUT2D eigenvalue weighted by atomic mass is 10.1. The van der Waals surface area contributed by atoms with Crippen molar-refractivity contribution in [1.29, 1.82) is 0 Å². The number of benzene rings is 1. The molecule has 0 saturated heterocycles. The van der Waals surface area contributed by atoms with Crippen LogP contribution in [-0.2, 0) is 0 Å². The number of nitrogens with zero attached hydrogens (tertiary/aromatic N) is 1. The Hall–Kier alpha value is -1.35. The van der Waals surface area contributed by atoms with E-state index in [1.807, 2.05) is 24.3 Å². The van der Waals surface area contributed by atoms with Crippen molar-refractivity contribution in [3.8, 4) is 5.75 Å². The third-order valence-corrected chi connectivity index (χ3v) is 3.43. The molecule has 1 rings (SSSR count). The number of carbonyl (C=O) groups is 1. The molecule has 0 atom stereocenters. The van der Waals surface area contributed by atoms with E-state index in [0.717, 1.165) is 37.2 Å². The van der Waals surface area contributed by atoms with Crippen LogP contribution in [0.2, 0.25) is 0 Å². The molecule has 0 aliphatic rings. The molecule has 0 spiro atoms. The molecule has 112 valence electrons. The lowest BCUT2D eigenvalue weighted by Crippen LogP contribution is -2.31. The first kappa shape index (κ1) is 16.7. The van der Waals surface area contributed by atoms with Gasteiger partial charge in [-0.3, -0.25) is 9.69 Å². The molecule has 0 saturated carbocycles. The summed E-state index contributed by atoms with van der Waals surface area (Å²) in [7, 11) is 1.63. The van der Waals surface area contributed by atoms with Crippen LogP contribution < -0.4 is 4.74 Å². The number of methoxy groups -OCH3 is 1. The van der Waals surface area contributed by atoms with Crippen LogP contribution in [0.1, 0.15) is 49.9 Å². The highest BCUT2D eigenvalue weighted by molar-refractivity contribution is 5.97. The Kier molecular flexibility index (Phi) is 7.97. The Morgan fingerprint density at radius 2 is 1.60 bits per heavy atom. The van der Waals surface area contributed by atoms with Crippen LogP contribution in [0.5, 0.6) is 5.75 Å². The number of unbranched alkanes of at least 4 members (excludes halogenated alkanes) is 2. The molecule has 3 nitrogen and oxygen atoms in total. The highest BCUT2D eigenvalue weighted by Crippen LogP contribution is 2.12. The summed E-state index contributed by atoms with van der Waals surface area (Å²) in [6.45, 7) is 6.91. The zero-order valence-electron chi connectivity index (χ0n) is 13.0. The average molecular weight is 277 g/mol. The minimum absolute atomic E-state index is 0.194. The van der Waals surface area contributed by atoms with Gasteiger partial charge in [-0.1, -0.05) is 26.7 Å². The zero-order valence-corrected chi connectivity index (χ0v) is 13.0. The SMILES string of the molecule is CCCCN(CCCC)CC(=O)c1ccc(OC)cc1. The predicted octanol–water partition coefficient (Wildman–Crippen LogP) is 3.78. The maximum absolute atomic E-state index is 12.3. The van der Waals surface area contributed by atoms with Crippen LogP contribution in [0, 0.1) is 0 Å². The van der Waals surface area contributed by atoms with E-state index >= 15 is 0 Å². The lowest BCUT2D eigenvalue weighted by Gasteiger charge is -2.21. The molecule has 20 heavy (non-hydrogen) atoms. The second-order valence-electron chi connectivity index (χ2n) is 5.13. The van der Waals surface area contributed by atoms with Gasteiger partial charge in [-0.05, 0) is 50.2 Å². The molecule has 0 aromatic heterocycles. The number of hydrogen-bond acceptors (Lipinski definition) is 3. The molecule has 0 heterocycles. The highest BCUT2D eigenvalue weighted by atomic mass is 16.5. The van der Waals surface area contributed by atoms with Gasteiger partial charge in [0, 0.05) is 5.56 Å². The van der Waals surface area contributed by atoms with Gasteiger partial charge in [0.25, 0.3) is 0 Å². The molecule has 0 aliphatic heterocycles. The van der Waals surface area contributed by atoms with Gasteiger partial charge in [0.1, 0.15) is 5.75 Å². The number of hydrogen-bond donors (Lipinski definition) is 0. The van der Waals surface area contributed by atoms with Crippen molar-refractivity contribution in [3.63, 3.8) is 0 Å². The summed E-state index contributed by atoms with van der Waals surface area (Å²) < 4.78 is 5.11. The smallest absolute Gasteiger partial charge is 0.176 e. The summed E-state index contributed by atoms with van der Waals surface area (Å²) in [5.74, 6) is 0.982. The van der Waals surface area contributed by atoms with Crippen molar-refractivity contribution in [2.24, 2.45) is 0 Å². The van der Waals surface area contributed by atoms with Gasteiger partial charge in [0.2, 0.25) is 0 Å². The summed E-state index contributed by atoms with van der Waals surface area (Å²) in [4.78, 5) is 14.6. The van der Waals surface area contributed by atoms with Gasteiger partial charge in [-0.2, -0.15) is 0 Å². The maximum Gasteiger partial charge on any atom is 0.176 e. The molecule has 0 bridgehead atoms. The van der Waals surface area contributed by atoms with Crippen molar-refractivity contribution in [1.82, 2.24) is 4.90 Å². The van der Waals surface area contributed by atoms with Crippen LogP contribution in [0.4, 0.5) is 0 Å². The Bertz CT molecular complexity index is 378. The zero-order chi connectivity index (χ0) is 14.8. The molecule has 1 aromatic carbocycles. The van der Waals surface area contributed by atoms with E-state index in [9.17, 15) is 4.79 Å². The van der Waals surface area contributed by atoms with Crippen LogP contribution in [0.3, 0.4) is 0 Å². The summed E-state index contributed by atoms with van der Waals surface area (Å²) in [6, 6.07) is 7.38. The first-order valence-corrected chi connectivity index (χ1v) is 7.60. The fourth-order valence-corrected chi connectivity index (χ4v) is 2.10. The minimum Gasteiger partial charge on any atom is -0.497 e. The van der Waals surface area contributed by atoms with Gasteiger partial charge in [0.15, 0.2) is 5.78 Å². The summed E-state index contributed by atoms with van der Waals surface area (Å²) in [6.07, 6.45) is 4.64. The predicted molar refractivity (Wildman–Crippen MR) is 83.6 cm³/mol. The summed E-state index contributed by atoms with van der Waals surface area (Å²) in [5.41, 5.74) is 0.767. The number of rotatable bonds is 10. The maximum atomic E-state index is 12.3. The highest BCUT2D eigenvalue weighted by Gasteiger charge is 2.12. The molecule has 1 aromatic rings. The van der Waals surface area contributed by atoms with E-state index in [2.05, 4.69) is 18.7 Å². The molecule has 0 radical (unpaired) electrons. The fraction of sp³-hybridized carbons (Fsp3) is 0.588. The number of carbonyl (C=O) groups excluding carboxylic acids is 1. The Balaban J connectivity index is 2.58. The van der Waals surface area contributed by atoms with Gasteiger partial charge in [-0.15, -0.1) is 0 Å². The topological polar surface area (TPSA) is 29.5 Å². The number of ketones is 1. The molecule has 0 fully saturated rings. The fourth-order valence-electron chi connectivity index (χ4n) is 2.10. The van der Waals surface area contributed by atoms with E-state index < -0.39 is 0 Å². The molecule has 3 heteroatoms. The van der Waals surface area contributed by atoms with Crippen molar-refractivity contribution in [2.45, 2.75) is 39.5 Å². The standard InChI is InChI=1S/C17H27NO2/c1-4-6-12-18(13-7-5-2)14-17(19)15-8-10-16(20-3)11-9-15/h8-11H,4-7,12-14H2,1-3H3. The third-order valence-electron chi connectivity index (χ3n) is 3.43. The van der Waals surface area contributed by atoms with E-state index in [4.69, 9.17) is 4.74 Å². The molecular formula is C17H27NO2. The van der Waals surface area contributed by atoms with Crippen molar-refractivity contribution < 1.29 is 9.53 Å². The molecular weight excluding hydrogens is 250 g/mol. The van der Waals surface area contributed by atoms with Crippen molar-refractivity contribution >= 4 is 5.78 Å². The van der Waals surface area contributed by atoms with Gasteiger partial charge >= 0.3 is 0 Å². The van der Waals surface area contributed by atoms with E-state index in [1.54, 1.807) is 7.11 Å². The van der Waals surface area contributed by atoms with Gasteiger partial charge in [-0.25, -0.2) is 0 Å². The second-order valence-corrected chi connectivity index (χ2v) is 5.13. The number of Topliss-reactive ketones (excluding diaryl/α,β-unsaturated/α-hetero) is 1. The van der Waals surface area contributed by atoms with E-state index in [1.165, 1.54) is 12.8 Å². The normalized spacial score (nSPS) is 10.8. The Morgan fingerprint density at radius 3 is 2.05 bits per heavy atom. The molecule has 0 unspecified atom stereocenters. The van der Waals surface area contributed by atoms with Crippen LogP contribution >= 0.6 is 0 Å². The second kappa shape index (κ2) is 9.54. The van der Waals surface area contributed by atoms with Crippen LogP contribution in [0.15, 0.2) is 24.3 Å². The molecule has 0 aliphatic carbocycles. The monoisotopic (exact) mass is 277 g/mol. The Labute approximate surface area is 122 Å². The lowest BCUT2D eigenvalue weighted by molar-refractivity contribution is 0.0928. The summed E-state index contributed by atoms with van der Waals surface area (Å²) in [5, 5.41) is 0. The average Bonchev–Trinajstić information content (AvgIpc) is 2.49. The number of ether oxygens (including phenoxy) is 1. The third kappa shape index (κ3) is 5.74.